The maximum absolute atomic E-state index is 12.1. The SMILES string of the molecule is O=S(=O)(NCCCCNS(=O)(=O)c1ccc(O)c(Cl)c1)c1ccc(O)c(Cl)c1. The van der Waals surface area contributed by atoms with Crippen molar-refractivity contribution in [1.82, 2.24) is 9.44 Å². The standard InChI is InChI=1S/C16H18Cl2N2O6S2/c17-13-9-11(3-5-15(13)21)27(23,24)19-7-1-2-8-20-28(25,26)12-4-6-16(22)14(18)10-12/h3-6,9-10,19-22H,1-2,7-8H2. The molecule has 0 fully saturated rings. The minimum Gasteiger partial charge on any atom is -0.506 e. The lowest BCUT2D eigenvalue weighted by molar-refractivity contribution is 0.474. The van der Waals surface area contributed by atoms with Gasteiger partial charge in [0.05, 0.1) is 19.8 Å². The molecule has 0 saturated carbocycles. The molecule has 0 spiro atoms. The van der Waals surface area contributed by atoms with Gasteiger partial charge in [0.2, 0.25) is 20.0 Å². The lowest BCUT2D eigenvalue weighted by Gasteiger charge is -2.09. The topological polar surface area (TPSA) is 133 Å². The van der Waals surface area contributed by atoms with E-state index in [1.54, 1.807) is 0 Å². The third kappa shape index (κ3) is 5.97. The Balaban J connectivity index is 1.81. The first-order chi connectivity index (χ1) is 13.0. The van der Waals surface area contributed by atoms with E-state index < -0.39 is 20.0 Å². The Bertz CT molecular complexity index is 973. The van der Waals surface area contributed by atoms with Crippen molar-refractivity contribution in [3.05, 3.63) is 46.4 Å². The van der Waals surface area contributed by atoms with Gasteiger partial charge in [0.25, 0.3) is 0 Å². The third-order valence-electron chi connectivity index (χ3n) is 3.65. The van der Waals surface area contributed by atoms with Gasteiger partial charge in [-0.15, -0.1) is 0 Å². The number of phenolic OH excluding ortho intramolecular Hbond substituents is 2. The van der Waals surface area contributed by atoms with E-state index in [1.165, 1.54) is 24.3 Å². The summed E-state index contributed by atoms with van der Waals surface area (Å²) in [5, 5.41) is 18.5. The van der Waals surface area contributed by atoms with E-state index in [0.29, 0.717) is 12.8 Å². The van der Waals surface area contributed by atoms with Gasteiger partial charge in [0, 0.05) is 13.1 Å². The Morgan fingerprint density at radius 3 is 1.39 bits per heavy atom. The lowest BCUT2D eigenvalue weighted by atomic mass is 10.3. The van der Waals surface area contributed by atoms with Crippen LogP contribution in [0.2, 0.25) is 10.0 Å². The van der Waals surface area contributed by atoms with E-state index in [4.69, 9.17) is 23.2 Å². The fourth-order valence-electron chi connectivity index (χ4n) is 2.14. The van der Waals surface area contributed by atoms with Crippen molar-refractivity contribution >= 4 is 43.2 Å². The van der Waals surface area contributed by atoms with Crippen LogP contribution in [0.4, 0.5) is 0 Å². The number of hydrogen-bond donors (Lipinski definition) is 4. The van der Waals surface area contributed by atoms with Gasteiger partial charge in [-0.25, -0.2) is 26.3 Å². The Morgan fingerprint density at radius 1 is 0.714 bits per heavy atom. The number of nitrogens with one attached hydrogen (secondary N) is 2. The average molecular weight is 469 g/mol. The highest BCUT2D eigenvalue weighted by atomic mass is 35.5. The number of rotatable bonds is 9. The Labute approximate surface area is 173 Å². The van der Waals surface area contributed by atoms with Gasteiger partial charge in [-0.2, -0.15) is 0 Å². The minimum atomic E-state index is -3.79. The van der Waals surface area contributed by atoms with E-state index >= 15 is 0 Å². The van der Waals surface area contributed by atoms with Gasteiger partial charge in [-0.05, 0) is 49.2 Å². The molecule has 0 aliphatic carbocycles. The van der Waals surface area contributed by atoms with Crippen molar-refractivity contribution in [3.63, 3.8) is 0 Å². The number of aromatic hydroxyl groups is 2. The van der Waals surface area contributed by atoms with Crippen molar-refractivity contribution < 1.29 is 27.0 Å². The molecule has 0 atom stereocenters. The minimum absolute atomic E-state index is 0.0772. The monoisotopic (exact) mass is 468 g/mol. The molecule has 0 amide bonds. The van der Waals surface area contributed by atoms with Gasteiger partial charge >= 0.3 is 0 Å². The Kier molecular flexibility index (Phi) is 7.54. The van der Waals surface area contributed by atoms with Crippen LogP contribution in [0.3, 0.4) is 0 Å². The van der Waals surface area contributed by atoms with E-state index in [1.807, 2.05) is 0 Å². The number of hydrogen-bond acceptors (Lipinski definition) is 6. The molecule has 2 rings (SSSR count). The second kappa shape index (κ2) is 9.29. The summed E-state index contributed by atoms with van der Waals surface area (Å²) in [6.07, 6.45) is 0.758. The predicted molar refractivity (Wildman–Crippen MR) is 106 cm³/mol. The summed E-state index contributed by atoms with van der Waals surface area (Å²) >= 11 is 11.4. The van der Waals surface area contributed by atoms with Gasteiger partial charge in [0.15, 0.2) is 0 Å². The maximum atomic E-state index is 12.1. The molecule has 0 unspecified atom stereocenters. The first-order valence-corrected chi connectivity index (χ1v) is 11.7. The summed E-state index contributed by atoms with van der Waals surface area (Å²) in [4.78, 5) is -0.166. The molecular weight excluding hydrogens is 451 g/mol. The average Bonchev–Trinajstić information content (AvgIpc) is 2.62. The molecule has 28 heavy (non-hydrogen) atoms. The molecule has 4 N–H and O–H groups in total. The molecule has 2 aromatic rings. The van der Waals surface area contributed by atoms with Crippen LogP contribution in [-0.2, 0) is 20.0 Å². The largest absolute Gasteiger partial charge is 0.506 e. The fourth-order valence-corrected chi connectivity index (χ4v) is 4.83. The Morgan fingerprint density at radius 2 is 1.07 bits per heavy atom. The van der Waals surface area contributed by atoms with Crippen molar-refractivity contribution in [1.29, 1.82) is 0 Å². The van der Waals surface area contributed by atoms with E-state index in [2.05, 4.69) is 9.44 Å². The molecule has 0 radical (unpaired) electrons. The molecule has 0 heterocycles. The number of phenols is 2. The first kappa shape index (κ1) is 22.7. The molecule has 154 valence electrons. The third-order valence-corrected chi connectivity index (χ3v) is 7.17. The first-order valence-electron chi connectivity index (χ1n) is 7.99. The second-order valence-corrected chi connectivity index (χ2v) is 10.1. The van der Waals surface area contributed by atoms with Crippen molar-refractivity contribution in [2.24, 2.45) is 0 Å². The second-order valence-electron chi connectivity index (χ2n) is 5.73. The zero-order valence-corrected chi connectivity index (χ0v) is 17.5. The van der Waals surface area contributed by atoms with Gasteiger partial charge in [-0.3, -0.25) is 0 Å². The molecule has 0 aliphatic heterocycles. The lowest BCUT2D eigenvalue weighted by Crippen LogP contribution is -2.27. The molecule has 0 aliphatic rings. The fraction of sp³-hybridized carbons (Fsp3) is 0.250. The molecule has 0 bridgehead atoms. The number of unbranched alkanes of at least 4 members (excludes halogenated alkanes) is 1. The van der Waals surface area contributed by atoms with E-state index in [9.17, 15) is 27.0 Å². The van der Waals surface area contributed by atoms with Crippen LogP contribution < -0.4 is 9.44 Å². The maximum Gasteiger partial charge on any atom is 0.240 e. The molecular formula is C16H18Cl2N2O6S2. The smallest absolute Gasteiger partial charge is 0.240 e. The summed E-state index contributed by atoms with van der Waals surface area (Å²) in [6.45, 7) is 0.182. The van der Waals surface area contributed by atoms with Gasteiger partial charge in [0.1, 0.15) is 11.5 Å². The molecule has 8 nitrogen and oxygen atoms in total. The molecule has 0 aromatic heterocycles. The zero-order valence-electron chi connectivity index (χ0n) is 14.4. The van der Waals surface area contributed by atoms with Crippen LogP contribution in [0.15, 0.2) is 46.2 Å². The van der Waals surface area contributed by atoms with Crippen molar-refractivity contribution in [2.75, 3.05) is 13.1 Å². The summed E-state index contributed by atoms with van der Waals surface area (Å²) in [5.41, 5.74) is 0. The number of sulfonamides is 2. The highest BCUT2D eigenvalue weighted by molar-refractivity contribution is 7.89. The van der Waals surface area contributed by atoms with Crippen LogP contribution in [0.25, 0.3) is 0 Å². The van der Waals surface area contributed by atoms with Crippen LogP contribution in [0, 0.1) is 0 Å². The van der Waals surface area contributed by atoms with Crippen molar-refractivity contribution in [3.8, 4) is 11.5 Å². The quantitative estimate of drug-likeness (QED) is 0.417. The van der Waals surface area contributed by atoms with Crippen LogP contribution >= 0.6 is 23.2 Å². The van der Waals surface area contributed by atoms with E-state index in [-0.39, 0.29) is 44.4 Å². The normalized spacial score (nSPS) is 12.2. The molecule has 12 heteroatoms. The van der Waals surface area contributed by atoms with Crippen molar-refractivity contribution in [2.45, 2.75) is 22.6 Å². The highest BCUT2D eigenvalue weighted by Crippen LogP contribution is 2.26. The molecule has 2 aromatic carbocycles. The van der Waals surface area contributed by atoms with Crippen LogP contribution in [-0.4, -0.2) is 40.1 Å². The summed E-state index contributed by atoms with van der Waals surface area (Å²) < 4.78 is 53.3. The summed E-state index contributed by atoms with van der Waals surface area (Å²) in [6, 6.07) is 7.08. The Hall–Kier alpha value is -1.56. The molecule has 0 saturated heterocycles. The summed E-state index contributed by atoms with van der Waals surface area (Å²) in [5.74, 6) is -0.439. The van der Waals surface area contributed by atoms with Crippen LogP contribution in [0.1, 0.15) is 12.8 Å². The zero-order chi connectivity index (χ0) is 20.9. The highest BCUT2D eigenvalue weighted by Gasteiger charge is 2.16. The van der Waals surface area contributed by atoms with Gasteiger partial charge < -0.3 is 10.2 Å². The van der Waals surface area contributed by atoms with E-state index in [0.717, 1.165) is 12.1 Å². The number of benzene rings is 2. The van der Waals surface area contributed by atoms with Gasteiger partial charge in [-0.1, -0.05) is 23.2 Å². The summed E-state index contributed by atoms with van der Waals surface area (Å²) in [7, 11) is -7.58. The van der Waals surface area contributed by atoms with Crippen LogP contribution in [0.5, 0.6) is 11.5 Å². The number of halogens is 2. The predicted octanol–water partition coefficient (Wildman–Crippen LogP) is 2.44.